The van der Waals surface area contributed by atoms with Gasteiger partial charge in [0.15, 0.2) is 5.82 Å². The Hall–Kier alpha value is -2.99. The Balaban J connectivity index is 1.49. The van der Waals surface area contributed by atoms with Crippen molar-refractivity contribution in [2.45, 2.75) is 25.7 Å². The summed E-state index contributed by atoms with van der Waals surface area (Å²) in [5.41, 5.74) is 2.37. The number of rotatable bonds is 4. The predicted molar refractivity (Wildman–Crippen MR) is 118 cm³/mol. The lowest BCUT2D eigenvalue weighted by Gasteiger charge is -2.20. The molecular weight excluding hydrogens is 403 g/mol. The third-order valence-electron chi connectivity index (χ3n) is 5.17. The fraction of sp³-hybridized carbons (Fsp3) is 0.261. The maximum atomic E-state index is 13.2. The average molecular weight is 425 g/mol. The summed E-state index contributed by atoms with van der Waals surface area (Å²) >= 11 is 5.98. The van der Waals surface area contributed by atoms with Gasteiger partial charge >= 0.3 is 0 Å². The molecule has 1 fully saturated rings. The van der Waals surface area contributed by atoms with Gasteiger partial charge in [-0.25, -0.2) is 4.39 Å². The molecule has 1 aliphatic rings. The van der Waals surface area contributed by atoms with Crippen LogP contribution < -0.4 is 10.2 Å². The van der Waals surface area contributed by atoms with E-state index in [0.717, 1.165) is 36.2 Å². The van der Waals surface area contributed by atoms with Crippen LogP contribution in [0.25, 0.3) is 11.3 Å². The minimum Gasteiger partial charge on any atom is -0.355 e. The summed E-state index contributed by atoms with van der Waals surface area (Å²) in [6, 6.07) is 15.0. The average Bonchev–Trinajstić information content (AvgIpc) is 3.03. The predicted octanol–water partition coefficient (Wildman–Crippen LogP) is 5.57. The van der Waals surface area contributed by atoms with Gasteiger partial charge in [-0.05, 0) is 55.3 Å². The van der Waals surface area contributed by atoms with Crippen LogP contribution in [0.1, 0.15) is 36.0 Å². The van der Waals surface area contributed by atoms with Crippen molar-refractivity contribution in [1.29, 1.82) is 0 Å². The van der Waals surface area contributed by atoms with Crippen molar-refractivity contribution in [1.82, 2.24) is 10.2 Å². The molecule has 1 saturated heterocycles. The Morgan fingerprint density at radius 1 is 0.967 bits per heavy atom. The van der Waals surface area contributed by atoms with E-state index in [1.807, 2.05) is 30.3 Å². The molecule has 4 rings (SSSR count). The molecule has 0 aliphatic carbocycles. The van der Waals surface area contributed by atoms with Gasteiger partial charge in [0.05, 0.1) is 16.3 Å². The van der Waals surface area contributed by atoms with E-state index in [1.165, 1.54) is 37.8 Å². The van der Waals surface area contributed by atoms with Gasteiger partial charge in [-0.15, -0.1) is 10.2 Å². The number of aromatic nitrogens is 2. The van der Waals surface area contributed by atoms with Crippen molar-refractivity contribution < 1.29 is 9.18 Å². The van der Waals surface area contributed by atoms with E-state index in [-0.39, 0.29) is 10.6 Å². The normalized spacial score (nSPS) is 14.3. The van der Waals surface area contributed by atoms with Crippen LogP contribution in [-0.2, 0) is 0 Å². The number of benzene rings is 2. The van der Waals surface area contributed by atoms with Gasteiger partial charge < -0.3 is 10.2 Å². The molecule has 0 radical (unpaired) electrons. The Labute approximate surface area is 179 Å². The van der Waals surface area contributed by atoms with E-state index >= 15 is 0 Å². The summed E-state index contributed by atoms with van der Waals surface area (Å²) in [5.74, 6) is 0.0107. The molecule has 154 valence electrons. The van der Waals surface area contributed by atoms with E-state index < -0.39 is 11.7 Å². The van der Waals surface area contributed by atoms with Gasteiger partial charge in [-0.2, -0.15) is 0 Å². The van der Waals surface area contributed by atoms with Crippen molar-refractivity contribution in [2.24, 2.45) is 0 Å². The van der Waals surface area contributed by atoms with Crippen LogP contribution in [0.15, 0.2) is 54.6 Å². The minimum atomic E-state index is -0.485. The third kappa shape index (κ3) is 4.76. The van der Waals surface area contributed by atoms with Crippen molar-refractivity contribution >= 4 is 29.0 Å². The van der Waals surface area contributed by atoms with Gasteiger partial charge in [0, 0.05) is 24.3 Å². The van der Waals surface area contributed by atoms with Crippen LogP contribution >= 0.6 is 11.6 Å². The lowest BCUT2D eigenvalue weighted by molar-refractivity contribution is 0.102. The Morgan fingerprint density at radius 2 is 1.77 bits per heavy atom. The summed E-state index contributed by atoms with van der Waals surface area (Å²) in [6.45, 7) is 2.03. The Bertz CT molecular complexity index is 1030. The van der Waals surface area contributed by atoms with Crippen molar-refractivity contribution in [2.75, 3.05) is 23.3 Å². The molecule has 7 heteroatoms. The number of amides is 1. The number of hydrogen-bond acceptors (Lipinski definition) is 4. The highest BCUT2D eigenvalue weighted by Gasteiger charge is 2.14. The number of hydrogen-bond donors (Lipinski definition) is 1. The summed E-state index contributed by atoms with van der Waals surface area (Å²) in [6.07, 6.45) is 4.90. The molecule has 0 spiro atoms. The summed E-state index contributed by atoms with van der Waals surface area (Å²) in [5, 5.41) is 11.7. The molecule has 2 heterocycles. The van der Waals surface area contributed by atoms with Gasteiger partial charge in [0.2, 0.25) is 0 Å². The van der Waals surface area contributed by atoms with Gasteiger partial charge in [-0.1, -0.05) is 36.6 Å². The summed E-state index contributed by atoms with van der Waals surface area (Å²) in [4.78, 5) is 14.8. The Kier molecular flexibility index (Phi) is 6.23. The lowest BCUT2D eigenvalue weighted by atomic mass is 10.1. The molecule has 0 unspecified atom stereocenters. The van der Waals surface area contributed by atoms with Gasteiger partial charge in [0.1, 0.15) is 5.82 Å². The monoisotopic (exact) mass is 424 g/mol. The zero-order valence-corrected chi connectivity index (χ0v) is 17.2. The van der Waals surface area contributed by atoms with Gasteiger partial charge in [-0.3, -0.25) is 4.79 Å². The first kappa shape index (κ1) is 20.3. The number of nitrogens with one attached hydrogen (secondary N) is 1. The molecule has 1 aliphatic heterocycles. The van der Waals surface area contributed by atoms with Crippen LogP contribution in [0.5, 0.6) is 0 Å². The maximum absolute atomic E-state index is 13.2. The SMILES string of the molecule is O=C(Nc1cccc(-c2ccc(N3CCCCCC3)nn2)c1)c1ccc(F)cc1Cl. The first-order valence-electron chi connectivity index (χ1n) is 10.1. The highest BCUT2D eigenvalue weighted by atomic mass is 35.5. The molecule has 5 nitrogen and oxygen atoms in total. The topological polar surface area (TPSA) is 58.1 Å². The van der Waals surface area contributed by atoms with Crippen molar-refractivity contribution in [3.63, 3.8) is 0 Å². The minimum absolute atomic E-state index is 0.0682. The highest BCUT2D eigenvalue weighted by molar-refractivity contribution is 6.34. The smallest absolute Gasteiger partial charge is 0.257 e. The van der Waals surface area contributed by atoms with Crippen LogP contribution in [0.4, 0.5) is 15.9 Å². The number of carbonyl (C=O) groups is 1. The van der Waals surface area contributed by atoms with Crippen LogP contribution in [0.2, 0.25) is 5.02 Å². The highest BCUT2D eigenvalue weighted by Crippen LogP contribution is 2.24. The fourth-order valence-electron chi connectivity index (χ4n) is 3.58. The standard InChI is InChI=1S/C23H22ClFN4O/c24-20-15-17(25)8-9-19(20)23(30)26-18-7-5-6-16(14-18)21-10-11-22(28-27-21)29-12-3-1-2-4-13-29/h5-11,14-15H,1-4,12-13H2,(H,26,30). The molecule has 1 aromatic heterocycles. The van der Waals surface area contributed by atoms with E-state index in [1.54, 1.807) is 6.07 Å². The van der Waals surface area contributed by atoms with E-state index in [2.05, 4.69) is 20.4 Å². The molecule has 0 saturated carbocycles. The van der Waals surface area contributed by atoms with Crippen LogP contribution in [0, 0.1) is 5.82 Å². The quantitative estimate of drug-likeness (QED) is 0.594. The molecule has 1 amide bonds. The first-order valence-corrected chi connectivity index (χ1v) is 10.4. The van der Waals surface area contributed by atoms with E-state index in [9.17, 15) is 9.18 Å². The van der Waals surface area contributed by atoms with Crippen LogP contribution in [-0.4, -0.2) is 29.2 Å². The molecule has 0 atom stereocenters. The number of carbonyl (C=O) groups excluding carboxylic acids is 1. The first-order chi connectivity index (χ1) is 14.6. The maximum Gasteiger partial charge on any atom is 0.257 e. The number of halogens is 2. The largest absolute Gasteiger partial charge is 0.355 e. The van der Waals surface area contributed by atoms with Crippen LogP contribution in [0.3, 0.4) is 0 Å². The second kappa shape index (κ2) is 9.22. The number of nitrogens with zero attached hydrogens (tertiary/aromatic N) is 3. The van der Waals surface area contributed by atoms with E-state index in [0.29, 0.717) is 5.69 Å². The molecule has 1 N–H and O–H groups in total. The fourth-order valence-corrected chi connectivity index (χ4v) is 3.83. The number of anilines is 2. The molecule has 0 bridgehead atoms. The molecule has 3 aromatic rings. The van der Waals surface area contributed by atoms with Gasteiger partial charge in [0.25, 0.3) is 5.91 Å². The molecular formula is C23H22ClFN4O. The summed E-state index contributed by atoms with van der Waals surface area (Å²) in [7, 11) is 0. The third-order valence-corrected chi connectivity index (χ3v) is 5.49. The second-order valence-corrected chi connectivity index (χ2v) is 7.74. The molecule has 30 heavy (non-hydrogen) atoms. The molecule has 2 aromatic carbocycles. The zero-order valence-electron chi connectivity index (χ0n) is 16.4. The summed E-state index contributed by atoms with van der Waals surface area (Å²) < 4.78 is 13.2. The van der Waals surface area contributed by atoms with Crippen molar-refractivity contribution in [3.8, 4) is 11.3 Å². The van der Waals surface area contributed by atoms with Crippen molar-refractivity contribution in [3.05, 3.63) is 71.0 Å². The Morgan fingerprint density at radius 3 is 2.47 bits per heavy atom. The second-order valence-electron chi connectivity index (χ2n) is 7.34. The van der Waals surface area contributed by atoms with E-state index in [4.69, 9.17) is 11.6 Å². The lowest BCUT2D eigenvalue weighted by Crippen LogP contribution is -2.25. The zero-order chi connectivity index (χ0) is 20.9.